The van der Waals surface area contributed by atoms with E-state index in [1.54, 1.807) is 0 Å². The largest absolute Gasteiger partial charge is 0.480 e. The summed E-state index contributed by atoms with van der Waals surface area (Å²) in [5.41, 5.74) is 31.7. The number of hydrogen-bond acceptors (Lipinski definition) is 7. The number of nitrogens with two attached hydrogens (primary N) is 6. The first kappa shape index (κ1) is 27.4. The van der Waals surface area contributed by atoms with Crippen molar-refractivity contribution in [3.8, 4) is 0 Å². The monoisotopic (exact) mass is 444 g/mol. The molecular weight excluding hydrogens is 412 g/mol. The van der Waals surface area contributed by atoms with Crippen LogP contribution >= 0.6 is 0 Å². The maximum absolute atomic E-state index is 12.5. The Morgan fingerprint density at radius 3 is 1.71 bits per heavy atom. The van der Waals surface area contributed by atoms with Crippen molar-refractivity contribution >= 4 is 35.6 Å². The predicted molar refractivity (Wildman–Crippen MR) is 113 cm³/mol. The van der Waals surface area contributed by atoms with Gasteiger partial charge >= 0.3 is 5.97 Å². The Morgan fingerprint density at radius 1 is 0.774 bits per heavy atom. The number of amides is 3. The molecule has 0 saturated heterocycles. The molecule has 0 saturated carbocycles. The molecule has 15 nitrogen and oxygen atoms in total. The van der Waals surface area contributed by atoms with Gasteiger partial charge in [0.05, 0.1) is 12.5 Å². The summed E-state index contributed by atoms with van der Waals surface area (Å²) in [5, 5.41) is 13.8. The van der Waals surface area contributed by atoms with E-state index in [1.807, 2.05) is 0 Å². The van der Waals surface area contributed by atoms with E-state index in [4.69, 9.17) is 39.5 Å². The zero-order chi connectivity index (χ0) is 24.0. The number of aliphatic imine (C=N–C) groups is 2. The number of carboxylic acid groups (broad SMARTS) is 1. The van der Waals surface area contributed by atoms with Crippen molar-refractivity contribution in [2.75, 3.05) is 13.1 Å². The van der Waals surface area contributed by atoms with E-state index < -0.39 is 48.2 Å². The lowest BCUT2D eigenvalue weighted by atomic mass is 10.1. The molecule has 0 aromatic heterocycles. The van der Waals surface area contributed by atoms with Crippen LogP contribution in [-0.2, 0) is 19.2 Å². The topological polar surface area (TPSA) is 293 Å². The second kappa shape index (κ2) is 14.4. The highest BCUT2D eigenvalue weighted by Crippen LogP contribution is 2.03. The molecule has 0 unspecified atom stereocenters. The number of guanidine groups is 2. The Labute approximate surface area is 179 Å². The third-order valence-corrected chi connectivity index (χ3v) is 3.90. The van der Waals surface area contributed by atoms with Crippen LogP contribution in [0.5, 0.6) is 0 Å². The number of carboxylic acids is 1. The molecule has 0 rings (SSSR count). The third kappa shape index (κ3) is 13.3. The number of nitrogens with one attached hydrogen (secondary N) is 2. The van der Waals surface area contributed by atoms with Gasteiger partial charge in [-0.3, -0.25) is 24.4 Å². The van der Waals surface area contributed by atoms with E-state index in [0.717, 1.165) is 0 Å². The summed E-state index contributed by atoms with van der Waals surface area (Å²) in [5.74, 6) is -4.04. The van der Waals surface area contributed by atoms with Gasteiger partial charge in [0, 0.05) is 13.1 Å². The van der Waals surface area contributed by atoms with Crippen LogP contribution < -0.4 is 45.0 Å². The van der Waals surface area contributed by atoms with Crippen molar-refractivity contribution < 1.29 is 24.3 Å². The summed E-state index contributed by atoms with van der Waals surface area (Å²) in [6.45, 7) is 0.454. The molecule has 31 heavy (non-hydrogen) atoms. The van der Waals surface area contributed by atoms with Crippen molar-refractivity contribution in [2.45, 2.75) is 50.2 Å². The van der Waals surface area contributed by atoms with Gasteiger partial charge in [0.25, 0.3) is 0 Å². The third-order valence-electron chi connectivity index (χ3n) is 3.90. The summed E-state index contributed by atoms with van der Waals surface area (Å²) in [7, 11) is 0. The molecule has 0 aliphatic rings. The van der Waals surface area contributed by atoms with Crippen LogP contribution in [0.2, 0.25) is 0 Å². The number of hydrogen-bond donors (Lipinski definition) is 9. The average Bonchev–Trinajstić information content (AvgIpc) is 2.65. The van der Waals surface area contributed by atoms with Crippen molar-refractivity contribution in [1.82, 2.24) is 10.6 Å². The zero-order valence-corrected chi connectivity index (χ0v) is 17.1. The van der Waals surface area contributed by atoms with Gasteiger partial charge in [-0.25, -0.2) is 4.79 Å². The van der Waals surface area contributed by atoms with E-state index in [2.05, 4.69) is 20.6 Å². The fourth-order valence-corrected chi connectivity index (χ4v) is 2.38. The lowest BCUT2D eigenvalue weighted by Gasteiger charge is -2.22. The van der Waals surface area contributed by atoms with E-state index >= 15 is 0 Å². The molecule has 0 bridgehead atoms. The maximum atomic E-state index is 12.5. The SMILES string of the molecule is NC(=O)C[C@H](NC(=O)[C@H](CCCN=C(N)N)NC(=O)[C@@H](N)CCCN=C(N)N)C(=O)O. The van der Waals surface area contributed by atoms with E-state index in [9.17, 15) is 19.2 Å². The van der Waals surface area contributed by atoms with Crippen molar-refractivity contribution in [3.05, 3.63) is 0 Å². The fourth-order valence-electron chi connectivity index (χ4n) is 2.38. The lowest BCUT2D eigenvalue weighted by molar-refractivity contribution is -0.143. The van der Waals surface area contributed by atoms with E-state index in [1.165, 1.54) is 0 Å². The Morgan fingerprint density at radius 2 is 1.26 bits per heavy atom. The molecule has 15 heteroatoms. The minimum absolute atomic E-state index is 0.0813. The van der Waals surface area contributed by atoms with Crippen molar-refractivity contribution in [1.29, 1.82) is 0 Å². The second-order valence-electron chi connectivity index (χ2n) is 6.64. The second-order valence-corrected chi connectivity index (χ2v) is 6.64. The first-order chi connectivity index (χ1) is 14.4. The van der Waals surface area contributed by atoms with Gasteiger partial charge < -0.3 is 50.1 Å². The van der Waals surface area contributed by atoms with Crippen LogP contribution in [0.15, 0.2) is 9.98 Å². The van der Waals surface area contributed by atoms with Crippen LogP contribution in [0.4, 0.5) is 0 Å². The Kier molecular flexibility index (Phi) is 12.7. The molecule has 0 radical (unpaired) electrons. The van der Waals surface area contributed by atoms with Gasteiger partial charge in [0.1, 0.15) is 12.1 Å². The molecule has 0 heterocycles. The minimum Gasteiger partial charge on any atom is -0.480 e. The molecule has 0 aromatic rings. The van der Waals surface area contributed by atoms with E-state index in [0.29, 0.717) is 12.8 Å². The van der Waals surface area contributed by atoms with Gasteiger partial charge in [-0.1, -0.05) is 0 Å². The summed E-state index contributed by atoms with van der Waals surface area (Å²) >= 11 is 0. The molecular formula is C16H32N10O5. The highest BCUT2D eigenvalue weighted by Gasteiger charge is 2.28. The van der Waals surface area contributed by atoms with Gasteiger partial charge in [0.15, 0.2) is 11.9 Å². The first-order valence-corrected chi connectivity index (χ1v) is 9.42. The normalized spacial score (nSPS) is 13.2. The minimum atomic E-state index is -1.55. The predicted octanol–water partition coefficient (Wildman–Crippen LogP) is -4.65. The van der Waals surface area contributed by atoms with Crippen LogP contribution in [0.25, 0.3) is 0 Å². The maximum Gasteiger partial charge on any atom is 0.326 e. The summed E-state index contributed by atoms with van der Waals surface area (Å²) < 4.78 is 0. The Bertz CT molecular complexity index is 688. The zero-order valence-electron chi connectivity index (χ0n) is 17.1. The average molecular weight is 444 g/mol. The van der Waals surface area contributed by atoms with E-state index in [-0.39, 0.29) is 37.9 Å². The molecule has 3 amide bonds. The van der Waals surface area contributed by atoms with Gasteiger partial charge in [-0.2, -0.15) is 0 Å². The fraction of sp³-hybridized carbons (Fsp3) is 0.625. The smallest absolute Gasteiger partial charge is 0.326 e. The number of rotatable bonds is 15. The van der Waals surface area contributed by atoms with Gasteiger partial charge in [-0.15, -0.1) is 0 Å². The van der Waals surface area contributed by atoms with Crippen LogP contribution in [-0.4, -0.2) is 71.9 Å². The van der Waals surface area contributed by atoms with Crippen LogP contribution in [0, 0.1) is 0 Å². The molecule has 15 N–H and O–H groups in total. The standard InChI is InChI=1S/C16H32N10O5/c17-8(3-1-5-23-15(19)20)12(28)25-9(4-2-6-24-16(21)22)13(29)26-10(14(30)31)7-11(18)27/h8-10H,1-7,17H2,(H2,18,27)(H,25,28)(H,26,29)(H,30,31)(H4,19,20,23)(H4,21,22,24)/t8-,9-,10-/m0/s1. The molecule has 0 aromatic carbocycles. The summed E-state index contributed by atoms with van der Waals surface area (Å²) in [6, 6.07) is -3.64. The quantitative estimate of drug-likeness (QED) is 0.0660. The lowest BCUT2D eigenvalue weighted by Crippen LogP contribution is -2.55. The number of carbonyl (C=O) groups is 4. The highest BCUT2D eigenvalue weighted by atomic mass is 16.4. The van der Waals surface area contributed by atoms with Crippen LogP contribution in [0.1, 0.15) is 32.1 Å². The molecule has 0 aliphatic heterocycles. The van der Waals surface area contributed by atoms with Gasteiger partial charge in [0.2, 0.25) is 17.7 Å². The summed E-state index contributed by atoms with van der Waals surface area (Å²) in [6.07, 6.45) is 0.430. The van der Waals surface area contributed by atoms with Gasteiger partial charge in [-0.05, 0) is 25.7 Å². The molecule has 176 valence electrons. The molecule has 0 aliphatic carbocycles. The molecule has 0 fully saturated rings. The van der Waals surface area contributed by atoms with Crippen molar-refractivity contribution in [3.63, 3.8) is 0 Å². The van der Waals surface area contributed by atoms with Crippen LogP contribution in [0.3, 0.4) is 0 Å². The highest BCUT2D eigenvalue weighted by molar-refractivity contribution is 5.93. The number of nitrogens with zero attached hydrogens (tertiary/aromatic N) is 2. The Balaban J connectivity index is 5.08. The Hall–Kier alpha value is -3.62. The molecule has 0 spiro atoms. The number of aliphatic carboxylic acids is 1. The number of carbonyl (C=O) groups excluding carboxylic acids is 3. The van der Waals surface area contributed by atoms with Crippen molar-refractivity contribution in [2.24, 2.45) is 44.4 Å². The number of primary amides is 1. The summed E-state index contributed by atoms with van der Waals surface area (Å²) in [4.78, 5) is 54.7. The molecule has 3 atom stereocenters. The first-order valence-electron chi connectivity index (χ1n) is 9.42.